The van der Waals surface area contributed by atoms with Gasteiger partial charge < -0.3 is 10.1 Å². The lowest BCUT2D eigenvalue weighted by Crippen LogP contribution is -2.40. The van der Waals surface area contributed by atoms with Gasteiger partial charge in [0.25, 0.3) is 5.91 Å². The summed E-state index contributed by atoms with van der Waals surface area (Å²) in [4.78, 5) is 21.1. The van der Waals surface area contributed by atoms with E-state index in [0.29, 0.717) is 6.01 Å². The summed E-state index contributed by atoms with van der Waals surface area (Å²) in [6, 6.07) is 10.3. The molecule has 1 aliphatic carbocycles. The zero-order chi connectivity index (χ0) is 17.8. The van der Waals surface area contributed by atoms with Crippen molar-refractivity contribution in [2.45, 2.75) is 58.6 Å². The molecule has 1 aromatic carbocycles. The van der Waals surface area contributed by atoms with Gasteiger partial charge in [-0.3, -0.25) is 4.79 Å². The summed E-state index contributed by atoms with van der Waals surface area (Å²) in [7, 11) is 0. The lowest BCUT2D eigenvalue weighted by molar-refractivity contribution is 0.0884. The first-order chi connectivity index (χ1) is 12.0. The van der Waals surface area contributed by atoms with Crippen LogP contribution in [0.15, 0.2) is 30.3 Å². The molecule has 2 aromatic rings. The highest BCUT2D eigenvalue weighted by Gasteiger charge is 2.25. The molecular weight excluding hydrogens is 314 g/mol. The summed E-state index contributed by atoms with van der Waals surface area (Å²) in [6.45, 7) is 5.85. The minimum Gasteiger partial charge on any atom is -0.460 e. The second-order valence-electron chi connectivity index (χ2n) is 6.81. The summed E-state index contributed by atoms with van der Waals surface area (Å²) >= 11 is 0. The third kappa shape index (κ3) is 4.56. The minimum absolute atomic E-state index is 0.0140. The van der Waals surface area contributed by atoms with Gasteiger partial charge in [-0.1, -0.05) is 18.2 Å². The Morgan fingerprint density at radius 3 is 2.32 bits per heavy atom. The van der Waals surface area contributed by atoms with Gasteiger partial charge in [-0.25, -0.2) is 9.97 Å². The number of nitrogens with zero attached hydrogens (tertiary/aromatic N) is 2. The molecule has 0 unspecified atom stereocenters. The van der Waals surface area contributed by atoms with Crippen LogP contribution in [0.2, 0.25) is 0 Å². The first-order valence-electron chi connectivity index (χ1n) is 8.86. The molecule has 0 radical (unpaired) electrons. The van der Waals surface area contributed by atoms with Crippen molar-refractivity contribution in [3.05, 3.63) is 52.8 Å². The molecule has 0 bridgehead atoms. The molecule has 1 heterocycles. The molecule has 1 saturated carbocycles. The van der Waals surface area contributed by atoms with Gasteiger partial charge in [-0.2, -0.15) is 0 Å². The molecule has 1 aliphatic rings. The standard InChI is InChI=1S/C20H25N3O2/c1-13-6-4-5-7-18(13)19(24)23-16-8-10-17(11-9-16)25-20-21-14(2)12-15(3)22-20/h4-7,12,16-17H,8-11H2,1-3H3,(H,23,24). The Balaban J connectivity index is 1.52. The predicted octanol–water partition coefficient (Wildman–Crippen LogP) is 3.52. The van der Waals surface area contributed by atoms with Crippen LogP contribution in [0.3, 0.4) is 0 Å². The highest BCUT2D eigenvalue weighted by atomic mass is 16.5. The molecule has 132 valence electrons. The smallest absolute Gasteiger partial charge is 0.317 e. The maximum atomic E-state index is 12.4. The van der Waals surface area contributed by atoms with Crippen molar-refractivity contribution in [3.8, 4) is 6.01 Å². The molecule has 0 spiro atoms. The van der Waals surface area contributed by atoms with Crippen LogP contribution in [-0.4, -0.2) is 28.0 Å². The quantitative estimate of drug-likeness (QED) is 0.925. The molecule has 0 aliphatic heterocycles. The third-order valence-electron chi connectivity index (χ3n) is 4.63. The molecule has 5 nitrogen and oxygen atoms in total. The molecule has 0 atom stereocenters. The van der Waals surface area contributed by atoms with E-state index in [4.69, 9.17) is 4.74 Å². The van der Waals surface area contributed by atoms with Crippen molar-refractivity contribution >= 4 is 5.91 Å². The van der Waals surface area contributed by atoms with Gasteiger partial charge in [0.05, 0.1) is 0 Å². The Hall–Kier alpha value is -2.43. The van der Waals surface area contributed by atoms with Gasteiger partial charge in [0.1, 0.15) is 6.10 Å². The topological polar surface area (TPSA) is 64.1 Å². The van der Waals surface area contributed by atoms with Gasteiger partial charge >= 0.3 is 6.01 Å². The van der Waals surface area contributed by atoms with Crippen LogP contribution >= 0.6 is 0 Å². The Kier molecular flexibility index (Phi) is 5.31. The number of benzene rings is 1. The number of carbonyl (C=O) groups excluding carboxylic acids is 1. The largest absolute Gasteiger partial charge is 0.460 e. The lowest BCUT2D eigenvalue weighted by atomic mass is 9.92. The average molecular weight is 339 g/mol. The van der Waals surface area contributed by atoms with Crippen LogP contribution in [0.4, 0.5) is 0 Å². The summed E-state index contributed by atoms with van der Waals surface area (Å²) < 4.78 is 5.94. The number of hydrogen-bond acceptors (Lipinski definition) is 4. The van der Waals surface area contributed by atoms with Crippen molar-refractivity contribution in [1.29, 1.82) is 0 Å². The zero-order valence-electron chi connectivity index (χ0n) is 15.1. The fraction of sp³-hybridized carbons (Fsp3) is 0.450. The second kappa shape index (κ2) is 7.64. The van der Waals surface area contributed by atoms with Crippen molar-refractivity contribution < 1.29 is 9.53 Å². The molecule has 1 amide bonds. The molecule has 1 aromatic heterocycles. The van der Waals surface area contributed by atoms with E-state index < -0.39 is 0 Å². The molecule has 1 fully saturated rings. The normalized spacial score (nSPS) is 20.1. The van der Waals surface area contributed by atoms with E-state index in [1.807, 2.05) is 51.1 Å². The van der Waals surface area contributed by atoms with Crippen LogP contribution < -0.4 is 10.1 Å². The number of amides is 1. The number of hydrogen-bond donors (Lipinski definition) is 1. The number of nitrogens with one attached hydrogen (secondary N) is 1. The van der Waals surface area contributed by atoms with E-state index in [0.717, 1.165) is 48.2 Å². The van der Waals surface area contributed by atoms with Crippen LogP contribution in [0.25, 0.3) is 0 Å². The fourth-order valence-electron chi connectivity index (χ4n) is 3.31. The van der Waals surface area contributed by atoms with Crippen LogP contribution in [0.1, 0.15) is 53.0 Å². The summed E-state index contributed by atoms with van der Waals surface area (Å²) in [5.41, 5.74) is 3.59. The Morgan fingerprint density at radius 1 is 1.04 bits per heavy atom. The highest BCUT2D eigenvalue weighted by molar-refractivity contribution is 5.95. The Morgan fingerprint density at radius 2 is 1.68 bits per heavy atom. The average Bonchev–Trinajstić information content (AvgIpc) is 2.56. The number of carbonyl (C=O) groups is 1. The van der Waals surface area contributed by atoms with Crippen LogP contribution in [0, 0.1) is 20.8 Å². The third-order valence-corrected chi connectivity index (χ3v) is 4.63. The van der Waals surface area contributed by atoms with Gasteiger partial charge in [-0.05, 0) is 64.2 Å². The number of aryl methyl sites for hydroxylation is 3. The number of rotatable bonds is 4. The maximum Gasteiger partial charge on any atom is 0.317 e. The molecule has 1 N–H and O–H groups in total. The summed E-state index contributed by atoms with van der Waals surface area (Å²) in [5, 5.41) is 3.15. The van der Waals surface area contributed by atoms with Gasteiger partial charge in [-0.15, -0.1) is 0 Å². The Labute approximate surface area is 148 Å². The zero-order valence-corrected chi connectivity index (χ0v) is 15.1. The highest BCUT2D eigenvalue weighted by Crippen LogP contribution is 2.23. The van der Waals surface area contributed by atoms with Gasteiger partial charge in [0, 0.05) is 23.0 Å². The predicted molar refractivity (Wildman–Crippen MR) is 96.8 cm³/mol. The van der Waals surface area contributed by atoms with E-state index in [1.54, 1.807) is 0 Å². The first-order valence-corrected chi connectivity index (χ1v) is 8.86. The van der Waals surface area contributed by atoms with Gasteiger partial charge in [0.2, 0.25) is 0 Å². The van der Waals surface area contributed by atoms with Gasteiger partial charge in [0.15, 0.2) is 0 Å². The van der Waals surface area contributed by atoms with Crippen molar-refractivity contribution in [2.24, 2.45) is 0 Å². The molecule has 5 heteroatoms. The van der Waals surface area contributed by atoms with Crippen molar-refractivity contribution in [3.63, 3.8) is 0 Å². The van der Waals surface area contributed by atoms with Crippen LogP contribution in [0.5, 0.6) is 6.01 Å². The first kappa shape index (κ1) is 17.4. The molecule has 25 heavy (non-hydrogen) atoms. The summed E-state index contributed by atoms with van der Waals surface area (Å²) in [6.07, 6.45) is 3.73. The van der Waals surface area contributed by atoms with E-state index >= 15 is 0 Å². The van der Waals surface area contributed by atoms with E-state index in [2.05, 4.69) is 15.3 Å². The fourth-order valence-corrected chi connectivity index (χ4v) is 3.31. The van der Waals surface area contributed by atoms with Crippen LogP contribution in [-0.2, 0) is 0 Å². The SMILES string of the molecule is Cc1cc(C)nc(OC2CCC(NC(=O)c3ccccc3C)CC2)n1. The van der Waals surface area contributed by atoms with E-state index in [-0.39, 0.29) is 18.1 Å². The Bertz CT molecular complexity index is 732. The van der Waals surface area contributed by atoms with Crippen molar-refractivity contribution in [1.82, 2.24) is 15.3 Å². The second-order valence-corrected chi connectivity index (χ2v) is 6.81. The maximum absolute atomic E-state index is 12.4. The molecule has 3 rings (SSSR count). The minimum atomic E-state index is 0.0140. The molecule has 0 saturated heterocycles. The lowest BCUT2D eigenvalue weighted by Gasteiger charge is -2.29. The molecular formula is C20H25N3O2. The van der Waals surface area contributed by atoms with E-state index in [1.165, 1.54) is 0 Å². The number of ether oxygens (including phenoxy) is 1. The van der Waals surface area contributed by atoms with E-state index in [9.17, 15) is 4.79 Å². The monoisotopic (exact) mass is 339 g/mol. The van der Waals surface area contributed by atoms with Crippen molar-refractivity contribution in [2.75, 3.05) is 0 Å². The number of aromatic nitrogens is 2. The summed E-state index contributed by atoms with van der Waals surface area (Å²) in [5.74, 6) is 0.0140.